The van der Waals surface area contributed by atoms with Gasteiger partial charge in [0.2, 0.25) is 5.88 Å². The maximum Gasteiger partial charge on any atom is 0.237 e. The van der Waals surface area contributed by atoms with Gasteiger partial charge in [-0.25, -0.2) is 4.98 Å². The number of nitrogens with one attached hydrogen (secondary N) is 2. The van der Waals surface area contributed by atoms with Crippen LogP contribution >= 0.6 is 11.6 Å². The van der Waals surface area contributed by atoms with E-state index in [2.05, 4.69) is 20.5 Å². The monoisotopic (exact) mass is 392 g/mol. The lowest BCUT2D eigenvalue weighted by Gasteiger charge is -2.21. The molecular formula is C21H17ClN4O2. The number of rotatable bonds is 2. The first kappa shape index (κ1) is 17.0. The molecule has 0 fully saturated rings. The van der Waals surface area contributed by atoms with Crippen molar-refractivity contribution in [1.29, 1.82) is 0 Å². The highest BCUT2D eigenvalue weighted by Gasteiger charge is 2.28. The Kier molecular flexibility index (Phi) is 3.94. The van der Waals surface area contributed by atoms with Gasteiger partial charge in [-0.2, -0.15) is 5.10 Å². The molecule has 2 aliphatic rings. The molecule has 5 rings (SSSR count). The summed E-state index contributed by atoms with van der Waals surface area (Å²) < 4.78 is 5.62. The molecule has 1 aromatic carbocycles. The number of carbonyl (C=O) groups is 1. The standard InChI is InChI=1S/C21H17ClN4O2/c1-11-17(10-24-21-20(11)23-2-3-28-21)13-5-14-15(18(22)6-13)7-19(27)16(14)4-12-8-25-26-9-12/h4-6,8-10,23H,2-3,7H2,1H3,(H,25,26)/b16-4-. The van der Waals surface area contributed by atoms with E-state index in [1.165, 1.54) is 0 Å². The molecule has 1 aliphatic carbocycles. The van der Waals surface area contributed by atoms with Gasteiger partial charge in [-0.15, -0.1) is 0 Å². The van der Waals surface area contributed by atoms with Gasteiger partial charge in [-0.1, -0.05) is 11.6 Å². The van der Waals surface area contributed by atoms with Crippen LogP contribution in [0.25, 0.3) is 22.8 Å². The highest BCUT2D eigenvalue weighted by atomic mass is 35.5. The van der Waals surface area contributed by atoms with Crippen LogP contribution in [0.1, 0.15) is 22.3 Å². The Morgan fingerprint density at radius 3 is 2.96 bits per heavy atom. The van der Waals surface area contributed by atoms with Gasteiger partial charge < -0.3 is 10.1 Å². The Balaban J connectivity index is 1.66. The van der Waals surface area contributed by atoms with Crippen molar-refractivity contribution in [2.45, 2.75) is 13.3 Å². The Labute approximate surface area is 166 Å². The van der Waals surface area contributed by atoms with Crippen LogP contribution in [-0.2, 0) is 11.2 Å². The van der Waals surface area contributed by atoms with Gasteiger partial charge in [-0.3, -0.25) is 9.89 Å². The third kappa shape index (κ3) is 2.68. The molecule has 28 heavy (non-hydrogen) atoms. The molecule has 0 unspecified atom stereocenters. The number of aromatic nitrogens is 3. The molecule has 0 radical (unpaired) electrons. The highest BCUT2D eigenvalue weighted by Crippen LogP contribution is 2.41. The molecular weight excluding hydrogens is 376 g/mol. The molecule has 3 aromatic rings. The summed E-state index contributed by atoms with van der Waals surface area (Å²) in [5, 5.41) is 10.7. The van der Waals surface area contributed by atoms with Gasteiger partial charge in [0.15, 0.2) is 5.78 Å². The fourth-order valence-corrected chi connectivity index (χ4v) is 4.08. The molecule has 7 heteroatoms. The highest BCUT2D eigenvalue weighted by molar-refractivity contribution is 6.36. The van der Waals surface area contributed by atoms with E-state index in [1.54, 1.807) is 18.6 Å². The van der Waals surface area contributed by atoms with E-state index in [-0.39, 0.29) is 5.78 Å². The van der Waals surface area contributed by atoms with Crippen molar-refractivity contribution < 1.29 is 9.53 Å². The number of halogens is 1. The van der Waals surface area contributed by atoms with Gasteiger partial charge >= 0.3 is 0 Å². The lowest BCUT2D eigenvalue weighted by Crippen LogP contribution is -2.20. The fourth-order valence-electron chi connectivity index (χ4n) is 3.79. The summed E-state index contributed by atoms with van der Waals surface area (Å²) in [7, 11) is 0. The zero-order valence-corrected chi connectivity index (χ0v) is 15.9. The van der Waals surface area contributed by atoms with Crippen molar-refractivity contribution in [3.63, 3.8) is 0 Å². The third-order valence-electron chi connectivity index (χ3n) is 5.21. The lowest BCUT2D eigenvalue weighted by atomic mass is 9.96. The van der Waals surface area contributed by atoms with Gasteiger partial charge in [0.1, 0.15) is 12.3 Å². The summed E-state index contributed by atoms with van der Waals surface area (Å²) in [5.74, 6) is 0.682. The van der Waals surface area contributed by atoms with Crippen LogP contribution in [-0.4, -0.2) is 34.1 Å². The topological polar surface area (TPSA) is 79.9 Å². The Morgan fingerprint density at radius 2 is 2.14 bits per heavy atom. The molecule has 2 N–H and O–H groups in total. The number of ether oxygens (including phenoxy) is 1. The Hall–Kier alpha value is -3.12. The predicted octanol–water partition coefficient (Wildman–Crippen LogP) is 3.90. The number of carbonyl (C=O) groups excluding carboxylic acids is 1. The molecule has 2 aromatic heterocycles. The van der Waals surface area contributed by atoms with E-state index in [0.717, 1.165) is 45.6 Å². The molecule has 3 heterocycles. The predicted molar refractivity (Wildman–Crippen MR) is 109 cm³/mol. The molecule has 0 atom stereocenters. The number of pyridine rings is 1. The number of aromatic amines is 1. The Bertz CT molecular complexity index is 1140. The maximum atomic E-state index is 12.6. The van der Waals surface area contributed by atoms with Crippen LogP contribution in [0.3, 0.4) is 0 Å². The second-order valence-electron chi connectivity index (χ2n) is 6.93. The van der Waals surface area contributed by atoms with Gasteiger partial charge in [0, 0.05) is 47.1 Å². The summed E-state index contributed by atoms with van der Waals surface area (Å²) in [6.07, 6.45) is 7.41. The lowest BCUT2D eigenvalue weighted by molar-refractivity contribution is -0.112. The molecule has 6 nitrogen and oxygen atoms in total. The maximum absolute atomic E-state index is 12.6. The van der Waals surface area contributed by atoms with E-state index in [9.17, 15) is 4.79 Å². The zero-order chi connectivity index (χ0) is 19.3. The van der Waals surface area contributed by atoms with E-state index in [0.29, 0.717) is 29.5 Å². The fraction of sp³-hybridized carbons (Fsp3) is 0.190. The number of hydrogen-bond acceptors (Lipinski definition) is 5. The van der Waals surface area contributed by atoms with E-state index in [1.807, 2.05) is 25.1 Å². The van der Waals surface area contributed by atoms with E-state index >= 15 is 0 Å². The number of nitrogens with zero attached hydrogens (tertiary/aromatic N) is 2. The summed E-state index contributed by atoms with van der Waals surface area (Å²) in [6, 6.07) is 3.94. The number of ketones is 1. The van der Waals surface area contributed by atoms with E-state index < -0.39 is 0 Å². The van der Waals surface area contributed by atoms with Crippen LogP contribution in [0.5, 0.6) is 5.88 Å². The largest absolute Gasteiger partial charge is 0.474 e. The second kappa shape index (κ2) is 6.49. The van der Waals surface area contributed by atoms with Gasteiger partial charge in [0.25, 0.3) is 0 Å². The zero-order valence-electron chi connectivity index (χ0n) is 15.2. The summed E-state index contributed by atoms with van der Waals surface area (Å²) in [4.78, 5) is 17.1. The van der Waals surface area contributed by atoms with Crippen molar-refractivity contribution in [1.82, 2.24) is 15.2 Å². The molecule has 0 amide bonds. The number of benzene rings is 1. The molecule has 0 bridgehead atoms. The summed E-state index contributed by atoms with van der Waals surface area (Å²) >= 11 is 6.57. The SMILES string of the molecule is Cc1c(-c2cc(Cl)c3c(c2)/C(=C/c2cn[nH]c2)C(=O)C3)cnc2c1NCCO2. The number of hydrogen-bond donors (Lipinski definition) is 2. The van der Waals surface area contributed by atoms with Crippen molar-refractivity contribution in [3.8, 4) is 17.0 Å². The Morgan fingerprint density at radius 1 is 1.25 bits per heavy atom. The van der Waals surface area contributed by atoms with E-state index in [4.69, 9.17) is 16.3 Å². The van der Waals surface area contributed by atoms with Crippen LogP contribution < -0.4 is 10.1 Å². The quantitative estimate of drug-likeness (QED) is 0.646. The summed E-state index contributed by atoms with van der Waals surface area (Å²) in [6.45, 7) is 3.38. The number of H-pyrrole nitrogens is 1. The minimum Gasteiger partial charge on any atom is -0.474 e. The van der Waals surface area contributed by atoms with Crippen LogP contribution in [0.4, 0.5) is 5.69 Å². The van der Waals surface area contributed by atoms with Crippen LogP contribution in [0.15, 0.2) is 30.7 Å². The molecule has 0 spiro atoms. The number of allylic oxidation sites excluding steroid dienone is 1. The van der Waals surface area contributed by atoms with Crippen molar-refractivity contribution >= 4 is 34.7 Å². The van der Waals surface area contributed by atoms with Gasteiger partial charge in [-0.05, 0) is 47.4 Å². The average Bonchev–Trinajstić information content (AvgIpc) is 3.32. The first-order valence-electron chi connectivity index (χ1n) is 9.05. The number of fused-ring (bicyclic) bond motifs is 2. The first-order chi connectivity index (χ1) is 13.6. The van der Waals surface area contributed by atoms with Crippen molar-refractivity contribution in [2.24, 2.45) is 0 Å². The molecule has 0 saturated carbocycles. The second-order valence-corrected chi connectivity index (χ2v) is 7.33. The number of Topliss-reactive ketones (excluding diaryl/α,β-unsaturated/α-hetero) is 1. The third-order valence-corrected chi connectivity index (χ3v) is 5.55. The molecule has 140 valence electrons. The normalized spacial score (nSPS) is 16.5. The first-order valence-corrected chi connectivity index (χ1v) is 9.42. The van der Waals surface area contributed by atoms with Gasteiger partial charge in [0.05, 0.1) is 6.20 Å². The number of anilines is 1. The molecule has 1 aliphatic heterocycles. The van der Waals surface area contributed by atoms with Crippen molar-refractivity contribution in [3.05, 3.63) is 58.0 Å². The van der Waals surface area contributed by atoms with Crippen LogP contribution in [0.2, 0.25) is 5.02 Å². The summed E-state index contributed by atoms with van der Waals surface area (Å²) in [5.41, 5.74) is 7.09. The average molecular weight is 393 g/mol. The van der Waals surface area contributed by atoms with Crippen molar-refractivity contribution in [2.75, 3.05) is 18.5 Å². The van der Waals surface area contributed by atoms with Crippen LogP contribution in [0, 0.1) is 6.92 Å². The molecule has 0 saturated heterocycles. The minimum absolute atomic E-state index is 0.0607. The smallest absolute Gasteiger partial charge is 0.237 e. The minimum atomic E-state index is 0.0607.